The number of hydrogen-bond donors (Lipinski definition) is 3. The smallest absolute Gasteiger partial charge is 0.272 e. The number of hydrazone groups is 1. The Morgan fingerprint density at radius 2 is 1.95 bits per heavy atom. The van der Waals surface area contributed by atoms with Crippen LogP contribution in [0, 0.1) is 0 Å². The number of aromatic hydroxyl groups is 2. The maximum atomic E-state index is 11.8. The van der Waals surface area contributed by atoms with Crippen molar-refractivity contribution in [2.75, 3.05) is 0 Å². The number of hydrogen-bond acceptors (Lipinski definition) is 4. The fourth-order valence-corrected chi connectivity index (χ4v) is 1.73. The van der Waals surface area contributed by atoms with E-state index in [0.29, 0.717) is 10.6 Å². The first-order valence-electron chi connectivity index (χ1n) is 5.68. The van der Waals surface area contributed by atoms with Crippen molar-refractivity contribution in [2.24, 2.45) is 5.10 Å². The van der Waals surface area contributed by atoms with Gasteiger partial charge < -0.3 is 10.2 Å². The van der Waals surface area contributed by atoms with E-state index in [1.807, 2.05) is 0 Å². The predicted octanol–water partition coefficient (Wildman–Crippen LogP) is 2.52. The summed E-state index contributed by atoms with van der Waals surface area (Å²) in [6, 6.07) is 10.6. The SMILES string of the molecule is O=C(N/N=C\c1cc(O)ccc1O)c1ccccc1Cl. The molecule has 0 fully saturated rings. The molecule has 2 aromatic carbocycles. The minimum Gasteiger partial charge on any atom is -0.508 e. The average molecular weight is 291 g/mol. The van der Waals surface area contributed by atoms with Gasteiger partial charge in [-0.15, -0.1) is 0 Å². The lowest BCUT2D eigenvalue weighted by molar-refractivity contribution is 0.0955. The molecule has 0 radical (unpaired) electrons. The highest BCUT2D eigenvalue weighted by Gasteiger charge is 2.08. The zero-order valence-electron chi connectivity index (χ0n) is 10.2. The van der Waals surface area contributed by atoms with E-state index in [1.54, 1.807) is 24.3 Å². The van der Waals surface area contributed by atoms with Crippen LogP contribution in [-0.4, -0.2) is 22.3 Å². The maximum absolute atomic E-state index is 11.8. The van der Waals surface area contributed by atoms with E-state index in [-0.39, 0.29) is 17.1 Å². The summed E-state index contributed by atoms with van der Waals surface area (Å²) >= 11 is 5.88. The van der Waals surface area contributed by atoms with Gasteiger partial charge in [-0.3, -0.25) is 4.79 Å². The van der Waals surface area contributed by atoms with Crippen LogP contribution >= 0.6 is 11.6 Å². The molecule has 2 aromatic rings. The van der Waals surface area contributed by atoms with Gasteiger partial charge in [-0.2, -0.15) is 5.10 Å². The number of rotatable bonds is 3. The van der Waals surface area contributed by atoms with Crippen LogP contribution < -0.4 is 5.43 Å². The highest BCUT2D eigenvalue weighted by atomic mass is 35.5. The second-order valence-electron chi connectivity index (χ2n) is 3.92. The molecule has 102 valence electrons. The Kier molecular flexibility index (Phi) is 4.22. The zero-order chi connectivity index (χ0) is 14.5. The highest BCUT2D eigenvalue weighted by Crippen LogP contribution is 2.20. The molecule has 0 aromatic heterocycles. The fraction of sp³-hybridized carbons (Fsp3) is 0. The summed E-state index contributed by atoms with van der Waals surface area (Å²) in [5.74, 6) is -0.535. The van der Waals surface area contributed by atoms with E-state index < -0.39 is 5.91 Å². The van der Waals surface area contributed by atoms with Crippen molar-refractivity contribution in [3.8, 4) is 11.5 Å². The van der Waals surface area contributed by atoms with Gasteiger partial charge in [0.15, 0.2) is 0 Å². The molecule has 0 saturated heterocycles. The van der Waals surface area contributed by atoms with Gasteiger partial charge in [-0.05, 0) is 30.3 Å². The largest absolute Gasteiger partial charge is 0.508 e. The van der Waals surface area contributed by atoms with E-state index in [0.717, 1.165) is 0 Å². The molecule has 5 nitrogen and oxygen atoms in total. The molecule has 2 rings (SSSR count). The number of phenols is 2. The molecular weight excluding hydrogens is 280 g/mol. The molecule has 20 heavy (non-hydrogen) atoms. The summed E-state index contributed by atoms with van der Waals surface area (Å²) in [7, 11) is 0. The minimum atomic E-state index is -0.466. The van der Waals surface area contributed by atoms with Crippen molar-refractivity contribution in [1.82, 2.24) is 5.43 Å². The van der Waals surface area contributed by atoms with Crippen molar-refractivity contribution >= 4 is 23.7 Å². The Balaban J connectivity index is 2.09. The second kappa shape index (κ2) is 6.08. The molecule has 3 N–H and O–H groups in total. The van der Waals surface area contributed by atoms with Crippen LogP contribution in [0.1, 0.15) is 15.9 Å². The van der Waals surface area contributed by atoms with E-state index in [4.69, 9.17) is 11.6 Å². The monoisotopic (exact) mass is 290 g/mol. The number of nitrogens with zero attached hydrogens (tertiary/aromatic N) is 1. The summed E-state index contributed by atoms with van der Waals surface area (Å²) < 4.78 is 0. The Morgan fingerprint density at radius 3 is 2.70 bits per heavy atom. The van der Waals surface area contributed by atoms with Gasteiger partial charge in [0.25, 0.3) is 5.91 Å². The van der Waals surface area contributed by atoms with Crippen molar-refractivity contribution in [1.29, 1.82) is 0 Å². The van der Waals surface area contributed by atoms with Crippen LogP contribution in [0.5, 0.6) is 11.5 Å². The molecule has 0 heterocycles. The van der Waals surface area contributed by atoms with Gasteiger partial charge in [0.2, 0.25) is 0 Å². The summed E-state index contributed by atoms with van der Waals surface area (Å²) in [6.07, 6.45) is 1.23. The fourth-order valence-electron chi connectivity index (χ4n) is 1.51. The summed E-state index contributed by atoms with van der Waals surface area (Å²) in [4.78, 5) is 11.8. The molecular formula is C14H11ClN2O3. The number of nitrogens with one attached hydrogen (secondary N) is 1. The summed E-state index contributed by atoms with van der Waals surface area (Å²) in [5, 5.41) is 22.8. The van der Waals surface area contributed by atoms with E-state index in [9.17, 15) is 15.0 Å². The Labute approximate surface area is 120 Å². The van der Waals surface area contributed by atoms with Gasteiger partial charge in [0.05, 0.1) is 16.8 Å². The highest BCUT2D eigenvalue weighted by molar-refractivity contribution is 6.33. The standard InChI is InChI=1S/C14H11ClN2O3/c15-12-4-2-1-3-11(12)14(20)17-16-8-9-7-10(18)5-6-13(9)19/h1-8,18-19H,(H,17,20)/b16-8-. The van der Waals surface area contributed by atoms with Crippen LogP contribution in [0.4, 0.5) is 0 Å². The topological polar surface area (TPSA) is 81.9 Å². The van der Waals surface area contributed by atoms with Crippen LogP contribution in [0.25, 0.3) is 0 Å². The number of amides is 1. The van der Waals surface area contributed by atoms with Gasteiger partial charge in [0, 0.05) is 5.56 Å². The molecule has 0 spiro atoms. The number of phenolic OH excluding ortho intramolecular Hbond substituents is 2. The van der Waals surface area contributed by atoms with Crippen LogP contribution in [0.2, 0.25) is 5.02 Å². The minimum absolute atomic E-state index is 0.0123. The van der Waals surface area contributed by atoms with Crippen LogP contribution in [0.3, 0.4) is 0 Å². The molecule has 0 aliphatic heterocycles. The first-order valence-corrected chi connectivity index (χ1v) is 6.05. The quantitative estimate of drug-likeness (QED) is 0.461. The molecule has 6 heteroatoms. The van der Waals surface area contributed by atoms with E-state index in [2.05, 4.69) is 10.5 Å². The predicted molar refractivity (Wildman–Crippen MR) is 76.3 cm³/mol. The summed E-state index contributed by atoms with van der Waals surface area (Å²) in [5.41, 5.74) is 2.87. The number of carbonyl (C=O) groups is 1. The first kappa shape index (κ1) is 13.9. The van der Waals surface area contributed by atoms with E-state index >= 15 is 0 Å². The molecule has 0 atom stereocenters. The van der Waals surface area contributed by atoms with Gasteiger partial charge in [-0.1, -0.05) is 23.7 Å². The average Bonchev–Trinajstić information content (AvgIpc) is 2.43. The molecule has 0 aliphatic carbocycles. The van der Waals surface area contributed by atoms with Crippen molar-refractivity contribution in [3.63, 3.8) is 0 Å². The lowest BCUT2D eigenvalue weighted by Gasteiger charge is -2.02. The van der Waals surface area contributed by atoms with Gasteiger partial charge in [0.1, 0.15) is 11.5 Å². The third-order valence-corrected chi connectivity index (χ3v) is 2.83. The maximum Gasteiger partial charge on any atom is 0.272 e. The normalized spacial score (nSPS) is 10.7. The first-order chi connectivity index (χ1) is 9.58. The molecule has 0 unspecified atom stereocenters. The van der Waals surface area contributed by atoms with Crippen LogP contribution in [-0.2, 0) is 0 Å². The number of carbonyl (C=O) groups excluding carboxylic acids is 1. The van der Waals surface area contributed by atoms with Crippen molar-refractivity contribution in [3.05, 3.63) is 58.6 Å². The Hall–Kier alpha value is -2.53. The Bertz CT molecular complexity index is 671. The van der Waals surface area contributed by atoms with Crippen molar-refractivity contribution < 1.29 is 15.0 Å². The number of benzene rings is 2. The Morgan fingerprint density at radius 1 is 1.20 bits per heavy atom. The molecule has 0 bridgehead atoms. The summed E-state index contributed by atoms with van der Waals surface area (Å²) in [6.45, 7) is 0. The molecule has 0 aliphatic rings. The van der Waals surface area contributed by atoms with Crippen molar-refractivity contribution in [2.45, 2.75) is 0 Å². The lowest BCUT2D eigenvalue weighted by Crippen LogP contribution is -2.17. The van der Waals surface area contributed by atoms with Gasteiger partial charge >= 0.3 is 0 Å². The zero-order valence-corrected chi connectivity index (χ0v) is 11.0. The molecule has 1 amide bonds. The van der Waals surface area contributed by atoms with Crippen LogP contribution in [0.15, 0.2) is 47.6 Å². The third kappa shape index (κ3) is 3.27. The second-order valence-corrected chi connectivity index (χ2v) is 4.33. The third-order valence-electron chi connectivity index (χ3n) is 2.50. The lowest BCUT2D eigenvalue weighted by atomic mass is 10.2. The van der Waals surface area contributed by atoms with Gasteiger partial charge in [-0.25, -0.2) is 5.43 Å². The van der Waals surface area contributed by atoms with E-state index in [1.165, 1.54) is 24.4 Å². The number of halogens is 1. The molecule has 0 saturated carbocycles.